The Bertz CT molecular complexity index is 848. The van der Waals surface area contributed by atoms with Crippen LogP contribution in [0.3, 0.4) is 0 Å². The van der Waals surface area contributed by atoms with E-state index in [1.807, 2.05) is 36.4 Å². The summed E-state index contributed by atoms with van der Waals surface area (Å²) in [6, 6.07) is 15.3. The lowest BCUT2D eigenvalue weighted by Gasteiger charge is -2.11. The Kier molecular flexibility index (Phi) is 5.63. The molecule has 3 rings (SSSR count). The van der Waals surface area contributed by atoms with Gasteiger partial charge in [-0.3, -0.25) is 14.5 Å². The molecule has 0 saturated carbocycles. The van der Waals surface area contributed by atoms with Gasteiger partial charge >= 0.3 is 0 Å². The number of carbonyl (C=O) groups is 2. The number of hydrogen-bond acceptors (Lipinski definition) is 5. The molecule has 0 unspecified atom stereocenters. The number of ether oxygens (including phenoxy) is 2. The summed E-state index contributed by atoms with van der Waals surface area (Å²) in [6.07, 6.45) is 1.70. The summed E-state index contributed by atoms with van der Waals surface area (Å²) in [6.45, 7) is 2.59. The second-order valence-electron chi connectivity index (χ2n) is 5.61. The van der Waals surface area contributed by atoms with Crippen LogP contribution in [-0.4, -0.2) is 29.7 Å². The van der Waals surface area contributed by atoms with Gasteiger partial charge in [0.25, 0.3) is 11.1 Å². The molecule has 0 bridgehead atoms. The van der Waals surface area contributed by atoms with Crippen molar-refractivity contribution in [3.05, 3.63) is 64.6 Å². The fraction of sp³-hybridized carbons (Fsp3) is 0.200. The van der Waals surface area contributed by atoms with Crippen molar-refractivity contribution in [1.82, 2.24) is 4.90 Å². The quantitative estimate of drug-likeness (QED) is 0.710. The van der Waals surface area contributed by atoms with E-state index in [2.05, 4.69) is 0 Å². The zero-order chi connectivity index (χ0) is 18.5. The Morgan fingerprint density at radius 2 is 1.85 bits per heavy atom. The average molecular weight is 369 g/mol. The van der Waals surface area contributed by atoms with Crippen LogP contribution < -0.4 is 9.47 Å². The molecular formula is C20H19NO4S. The van der Waals surface area contributed by atoms with Gasteiger partial charge in [-0.1, -0.05) is 36.4 Å². The highest BCUT2D eigenvalue weighted by Gasteiger charge is 2.33. The number of rotatable bonds is 6. The van der Waals surface area contributed by atoms with E-state index >= 15 is 0 Å². The third-order valence-electron chi connectivity index (χ3n) is 3.91. The summed E-state index contributed by atoms with van der Waals surface area (Å²) < 4.78 is 11.2. The zero-order valence-electron chi connectivity index (χ0n) is 14.6. The summed E-state index contributed by atoms with van der Waals surface area (Å²) >= 11 is 0.953. The van der Waals surface area contributed by atoms with Gasteiger partial charge in [-0.15, -0.1) is 0 Å². The van der Waals surface area contributed by atoms with Crippen molar-refractivity contribution in [2.75, 3.05) is 13.7 Å². The fourth-order valence-corrected chi connectivity index (χ4v) is 3.46. The van der Waals surface area contributed by atoms with Gasteiger partial charge < -0.3 is 9.47 Å². The first-order valence-electron chi connectivity index (χ1n) is 8.22. The number of hydrogen-bond donors (Lipinski definition) is 0. The number of amides is 2. The van der Waals surface area contributed by atoms with E-state index in [0.29, 0.717) is 29.6 Å². The molecule has 2 amide bonds. The summed E-state index contributed by atoms with van der Waals surface area (Å²) in [5.41, 5.74) is 1.84. The Morgan fingerprint density at radius 3 is 2.50 bits per heavy atom. The summed E-state index contributed by atoms with van der Waals surface area (Å²) in [4.78, 5) is 25.6. The SMILES string of the molecule is CCN1C(=O)S/C(=C\c2ccc(OCc3ccccc3)c(OC)c2)C1=O. The van der Waals surface area contributed by atoms with Crippen molar-refractivity contribution in [2.45, 2.75) is 13.5 Å². The highest BCUT2D eigenvalue weighted by Crippen LogP contribution is 2.34. The standard InChI is InChI=1S/C20H19NO4S/c1-3-21-19(22)18(26-20(21)23)12-15-9-10-16(17(11-15)24-2)25-13-14-7-5-4-6-8-14/h4-12H,3,13H2,1-2H3/b18-12-. The number of carbonyl (C=O) groups excluding carboxylic acids is 2. The molecule has 1 aliphatic rings. The van der Waals surface area contributed by atoms with Crippen LogP contribution in [-0.2, 0) is 11.4 Å². The average Bonchev–Trinajstić information content (AvgIpc) is 2.94. The van der Waals surface area contributed by atoms with Crippen molar-refractivity contribution in [3.63, 3.8) is 0 Å². The monoisotopic (exact) mass is 369 g/mol. The van der Waals surface area contributed by atoms with Gasteiger partial charge in [-0.05, 0) is 48.0 Å². The molecule has 0 aliphatic carbocycles. The lowest BCUT2D eigenvalue weighted by Crippen LogP contribution is -2.27. The Balaban J connectivity index is 1.77. The molecular weight excluding hydrogens is 350 g/mol. The maximum Gasteiger partial charge on any atom is 0.293 e. The number of imide groups is 1. The maximum absolute atomic E-state index is 12.2. The van der Waals surface area contributed by atoms with Crippen LogP contribution in [0.1, 0.15) is 18.1 Å². The maximum atomic E-state index is 12.2. The van der Waals surface area contributed by atoms with E-state index in [4.69, 9.17) is 9.47 Å². The molecule has 2 aromatic carbocycles. The molecule has 0 atom stereocenters. The van der Waals surface area contributed by atoms with E-state index in [9.17, 15) is 9.59 Å². The summed E-state index contributed by atoms with van der Waals surface area (Å²) in [5, 5.41) is -0.237. The number of likely N-dealkylation sites (N-methyl/N-ethyl adjacent to an activating group) is 1. The Hall–Kier alpha value is -2.73. The van der Waals surface area contributed by atoms with Crippen LogP contribution in [0.5, 0.6) is 11.5 Å². The minimum Gasteiger partial charge on any atom is -0.493 e. The van der Waals surface area contributed by atoms with Crippen molar-refractivity contribution in [2.24, 2.45) is 0 Å². The van der Waals surface area contributed by atoms with Crippen LogP contribution in [0.25, 0.3) is 6.08 Å². The molecule has 6 heteroatoms. The largest absolute Gasteiger partial charge is 0.493 e. The third kappa shape index (κ3) is 3.91. The number of methoxy groups -OCH3 is 1. The lowest BCUT2D eigenvalue weighted by molar-refractivity contribution is -0.122. The highest BCUT2D eigenvalue weighted by molar-refractivity contribution is 8.18. The minimum absolute atomic E-state index is 0.237. The molecule has 1 aliphatic heterocycles. The molecule has 1 saturated heterocycles. The number of nitrogens with zero attached hydrogens (tertiary/aromatic N) is 1. The topological polar surface area (TPSA) is 55.8 Å². The van der Waals surface area contributed by atoms with E-state index in [0.717, 1.165) is 22.9 Å². The molecule has 1 heterocycles. The molecule has 1 fully saturated rings. The van der Waals surface area contributed by atoms with E-state index in [-0.39, 0.29) is 11.1 Å². The molecule has 2 aromatic rings. The van der Waals surface area contributed by atoms with Crippen LogP contribution in [0.15, 0.2) is 53.4 Å². The normalized spacial score (nSPS) is 15.6. The Labute approximate surface area is 156 Å². The molecule has 0 N–H and O–H groups in total. The Morgan fingerprint density at radius 1 is 1.08 bits per heavy atom. The van der Waals surface area contributed by atoms with E-state index in [1.165, 1.54) is 4.90 Å². The van der Waals surface area contributed by atoms with E-state index < -0.39 is 0 Å². The molecule has 5 nitrogen and oxygen atoms in total. The van der Waals surface area contributed by atoms with Gasteiger partial charge in [-0.2, -0.15) is 0 Å². The second kappa shape index (κ2) is 8.10. The first-order chi connectivity index (χ1) is 12.6. The van der Waals surface area contributed by atoms with Gasteiger partial charge in [0.15, 0.2) is 11.5 Å². The van der Waals surface area contributed by atoms with Gasteiger partial charge in [0.05, 0.1) is 12.0 Å². The van der Waals surface area contributed by atoms with E-state index in [1.54, 1.807) is 32.2 Å². The van der Waals surface area contributed by atoms with Crippen molar-refractivity contribution >= 4 is 29.0 Å². The smallest absolute Gasteiger partial charge is 0.293 e. The predicted molar refractivity (Wildman–Crippen MR) is 102 cm³/mol. The molecule has 134 valence electrons. The third-order valence-corrected chi connectivity index (χ3v) is 4.82. The van der Waals surface area contributed by atoms with Crippen LogP contribution in [0.2, 0.25) is 0 Å². The lowest BCUT2D eigenvalue weighted by atomic mass is 10.1. The van der Waals surface area contributed by atoms with Gasteiger partial charge in [0.1, 0.15) is 6.61 Å². The summed E-state index contributed by atoms with van der Waals surface area (Å²) in [5.74, 6) is 0.936. The first kappa shape index (κ1) is 18.1. The van der Waals surface area contributed by atoms with Gasteiger partial charge in [0.2, 0.25) is 0 Å². The van der Waals surface area contributed by atoms with Gasteiger partial charge in [0, 0.05) is 6.54 Å². The first-order valence-corrected chi connectivity index (χ1v) is 9.04. The number of thioether (sulfide) groups is 1. The molecule has 26 heavy (non-hydrogen) atoms. The molecule has 0 radical (unpaired) electrons. The van der Waals surface area contributed by atoms with Crippen molar-refractivity contribution in [1.29, 1.82) is 0 Å². The van der Waals surface area contributed by atoms with Crippen LogP contribution in [0.4, 0.5) is 4.79 Å². The van der Waals surface area contributed by atoms with Gasteiger partial charge in [-0.25, -0.2) is 0 Å². The number of benzene rings is 2. The minimum atomic E-state index is -0.258. The fourth-order valence-electron chi connectivity index (χ4n) is 2.55. The van der Waals surface area contributed by atoms with Crippen LogP contribution >= 0.6 is 11.8 Å². The highest BCUT2D eigenvalue weighted by atomic mass is 32.2. The predicted octanol–water partition coefficient (Wildman–Crippen LogP) is 4.33. The zero-order valence-corrected chi connectivity index (χ0v) is 15.4. The second-order valence-corrected chi connectivity index (χ2v) is 6.60. The van der Waals surface area contributed by atoms with Crippen LogP contribution in [0, 0.1) is 0 Å². The summed E-state index contributed by atoms with van der Waals surface area (Å²) in [7, 11) is 1.57. The molecule has 0 aromatic heterocycles. The van der Waals surface area contributed by atoms with Crippen molar-refractivity contribution in [3.8, 4) is 11.5 Å². The molecule has 0 spiro atoms. The van der Waals surface area contributed by atoms with Crippen molar-refractivity contribution < 1.29 is 19.1 Å².